The summed E-state index contributed by atoms with van der Waals surface area (Å²) in [5, 5.41) is 16.4. The summed E-state index contributed by atoms with van der Waals surface area (Å²) in [5.74, 6) is -2.73. The number of anilines is 1. The third-order valence-electron chi connectivity index (χ3n) is 8.92. The highest BCUT2D eigenvalue weighted by molar-refractivity contribution is 6.06. The van der Waals surface area contributed by atoms with Crippen LogP contribution < -0.4 is 26.4 Å². The molecule has 1 atom stereocenters. The maximum atomic E-state index is 13.8. The van der Waals surface area contributed by atoms with Crippen LogP contribution in [0.1, 0.15) is 77.3 Å². The van der Waals surface area contributed by atoms with Crippen molar-refractivity contribution in [3.63, 3.8) is 0 Å². The number of unbranched alkanes of at least 4 members (excludes halogenated alkanes) is 1. The number of alkyl halides is 3. The summed E-state index contributed by atoms with van der Waals surface area (Å²) in [4.78, 5) is 47.1. The Morgan fingerprint density at radius 2 is 1.71 bits per heavy atom. The Kier molecular flexibility index (Phi) is 14.8. The molecule has 3 aromatic rings. The van der Waals surface area contributed by atoms with Gasteiger partial charge in [0.2, 0.25) is 23.5 Å². The summed E-state index contributed by atoms with van der Waals surface area (Å²) < 4.78 is 49.4. The highest BCUT2D eigenvalue weighted by atomic mass is 19.4. The lowest BCUT2D eigenvalue weighted by atomic mass is 9.81. The molecule has 3 amide bonds. The number of pyridine rings is 1. The fraction of sp³-hybridized carbons (Fsp3) is 0.450. The van der Waals surface area contributed by atoms with Gasteiger partial charge < -0.3 is 31.2 Å². The van der Waals surface area contributed by atoms with E-state index in [0.29, 0.717) is 50.4 Å². The third-order valence-corrected chi connectivity index (χ3v) is 8.92. The predicted octanol–water partition coefficient (Wildman–Crippen LogP) is 7.17. The van der Waals surface area contributed by atoms with Crippen LogP contribution in [-0.2, 0) is 20.7 Å². The fourth-order valence-electron chi connectivity index (χ4n) is 5.93. The van der Waals surface area contributed by atoms with Gasteiger partial charge in [-0.25, -0.2) is 14.8 Å². The van der Waals surface area contributed by atoms with Gasteiger partial charge in [0, 0.05) is 48.0 Å². The molecule has 0 radical (unpaired) electrons. The molecule has 1 fully saturated rings. The summed E-state index contributed by atoms with van der Waals surface area (Å²) in [6.45, 7) is 8.49. The van der Waals surface area contributed by atoms with Crippen LogP contribution in [-0.4, -0.2) is 65.5 Å². The van der Waals surface area contributed by atoms with E-state index >= 15 is 0 Å². The minimum absolute atomic E-state index is 0.0545. The number of rotatable bonds is 14. The molecule has 15 heteroatoms. The number of aliphatic imine (C=N–C) groups is 1. The highest BCUT2D eigenvalue weighted by Crippen LogP contribution is 2.29. The van der Waals surface area contributed by atoms with E-state index in [2.05, 4.69) is 32.9 Å². The van der Waals surface area contributed by atoms with Gasteiger partial charge in [0.05, 0.1) is 6.61 Å². The minimum Gasteiger partial charge on any atom is -0.478 e. The lowest BCUT2D eigenvalue weighted by Crippen LogP contribution is -2.48. The molecule has 0 aliphatic heterocycles. The zero-order valence-corrected chi connectivity index (χ0v) is 31.6. The van der Waals surface area contributed by atoms with Gasteiger partial charge in [-0.15, -0.1) is 0 Å². The Morgan fingerprint density at radius 1 is 1.00 bits per heavy atom. The molecule has 6 N–H and O–H groups in total. The number of nitrogens with two attached hydrogens (primary N) is 1. The van der Waals surface area contributed by atoms with Crippen LogP contribution >= 0.6 is 0 Å². The molecule has 1 heterocycles. The Morgan fingerprint density at radius 3 is 2.33 bits per heavy atom. The van der Waals surface area contributed by atoms with E-state index in [1.807, 2.05) is 30.3 Å². The van der Waals surface area contributed by atoms with Gasteiger partial charge in [-0.3, -0.25) is 15.0 Å². The molecule has 0 spiro atoms. The number of ether oxygens (including phenoxy) is 2. The van der Waals surface area contributed by atoms with Crippen LogP contribution in [0.4, 0.5) is 23.7 Å². The first kappa shape index (κ1) is 42.3. The number of carbonyl (C=O) groups is 3. The smallest absolute Gasteiger partial charge is 0.449 e. The number of nitrogens with one attached hydrogen (secondary N) is 4. The van der Waals surface area contributed by atoms with Gasteiger partial charge in [-0.05, 0) is 100 Å². The maximum Gasteiger partial charge on any atom is 0.449 e. The molecule has 1 saturated carbocycles. The monoisotopic (exact) mass is 765 g/mol. The number of alkyl carbamates (subject to hydrolysis) is 1. The Hall–Kier alpha value is -5.47. The van der Waals surface area contributed by atoms with Gasteiger partial charge in [0.1, 0.15) is 11.6 Å². The van der Waals surface area contributed by atoms with Crippen LogP contribution in [0.2, 0.25) is 0 Å². The van der Waals surface area contributed by atoms with Crippen molar-refractivity contribution in [3.8, 4) is 17.0 Å². The Balaban J connectivity index is 1.46. The first-order valence-corrected chi connectivity index (χ1v) is 18.4. The lowest BCUT2D eigenvalue weighted by molar-refractivity contribution is -0.130. The summed E-state index contributed by atoms with van der Waals surface area (Å²) >= 11 is 0. The normalized spacial score (nSPS) is 16.7. The molecule has 0 saturated heterocycles. The van der Waals surface area contributed by atoms with Crippen molar-refractivity contribution in [1.29, 1.82) is 5.41 Å². The van der Waals surface area contributed by atoms with Crippen LogP contribution in [0.5, 0.6) is 5.88 Å². The molecule has 1 aromatic heterocycles. The molecule has 55 heavy (non-hydrogen) atoms. The number of nitrogens with zero attached hydrogens (tertiary/aromatic N) is 2. The van der Waals surface area contributed by atoms with Crippen LogP contribution in [0.25, 0.3) is 11.1 Å². The molecule has 0 unspecified atom stereocenters. The van der Waals surface area contributed by atoms with Gasteiger partial charge >= 0.3 is 12.3 Å². The van der Waals surface area contributed by atoms with E-state index in [0.717, 1.165) is 29.5 Å². The molecular formula is C40H50F3N7O5. The Bertz CT molecular complexity index is 1800. The second-order valence-corrected chi connectivity index (χ2v) is 14.6. The van der Waals surface area contributed by atoms with E-state index in [1.54, 1.807) is 33.0 Å². The lowest BCUT2D eigenvalue weighted by Gasteiger charge is -2.29. The quantitative estimate of drug-likeness (QED) is 0.0655. The molecule has 296 valence electrons. The van der Waals surface area contributed by atoms with E-state index in [1.165, 1.54) is 24.3 Å². The number of halogens is 3. The van der Waals surface area contributed by atoms with Gasteiger partial charge in [0.25, 0.3) is 0 Å². The van der Waals surface area contributed by atoms with Crippen LogP contribution in [0, 0.1) is 17.2 Å². The molecule has 1 aliphatic rings. The first-order chi connectivity index (χ1) is 26.0. The molecule has 12 nitrogen and oxygen atoms in total. The Labute approximate surface area is 319 Å². The second kappa shape index (κ2) is 19.2. The molecule has 2 aromatic carbocycles. The topological polar surface area (TPSA) is 181 Å². The first-order valence-electron chi connectivity index (χ1n) is 18.4. The summed E-state index contributed by atoms with van der Waals surface area (Å²) in [6, 6.07) is 15.8. The minimum atomic E-state index is -4.87. The summed E-state index contributed by atoms with van der Waals surface area (Å²) in [6.07, 6.45) is 1.04. The van der Waals surface area contributed by atoms with Crippen molar-refractivity contribution in [3.05, 3.63) is 78.0 Å². The number of hydrogen-bond acceptors (Lipinski definition) is 7. The molecule has 0 bridgehead atoms. The summed E-state index contributed by atoms with van der Waals surface area (Å²) in [5.41, 5.74) is 7.20. The average molecular weight is 766 g/mol. The zero-order chi connectivity index (χ0) is 40.2. The third kappa shape index (κ3) is 13.7. The number of benzene rings is 2. The zero-order valence-electron chi connectivity index (χ0n) is 31.6. The predicted molar refractivity (Wildman–Crippen MR) is 205 cm³/mol. The van der Waals surface area contributed by atoms with Gasteiger partial charge in [-0.1, -0.05) is 37.6 Å². The van der Waals surface area contributed by atoms with E-state index in [-0.39, 0.29) is 29.7 Å². The second-order valence-electron chi connectivity index (χ2n) is 14.6. The van der Waals surface area contributed by atoms with Crippen molar-refractivity contribution >= 4 is 35.3 Å². The van der Waals surface area contributed by atoms with Crippen molar-refractivity contribution < 1.29 is 37.0 Å². The SMILES string of the molecule is CCCCOc1ccc(-c2cccc(C[C@H](NC(=O)C3CCC(CNC(=O)OC(C)(C)C)CC3)C(=O)Nc3ccc(C(=N)N=C(N)C(F)(F)F)cc3)c2)cn1. The molecular weight excluding hydrogens is 715 g/mol. The van der Waals surface area contributed by atoms with Gasteiger partial charge in [0.15, 0.2) is 5.84 Å². The van der Waals surface area contributed by atoms with E-state index in [9.17, 15) is 27.6 Å². The number of aromatic nitrogens is 1. The number of amidine groups is 2. The highest BCUT2D eigenvalue weighted by Gasteiger charge is 2.34. The number of carbonyl (C=O) groups excluding carboxylic acids is 3. The molecule has 4 rings (SSSR count). The largest absolute Gasteiger partial charge is 0.478 e. The van der Waals surface area contributed by atoms with Crippen molar-refractivity contribution in [2.75, 3.05) is 18.5 Å². The number of amides is 3. The fourth-order valence-corrected chi connectivity index (χ4v) is 5.93. The van der Waals surface area contributed by atoms with Crippen molar-refractivity contribution in [2.24, 2.45) is 22.6 Å². The number of hydrogen-bond donors (Lipinski definition) is 5. The van der Waals surface area contributed by atoms with E-state index in [4.69, 9.17) is 20.6 Å². The summed E-state index contributed by atoms with van der Waals surface area (Å²) in [7, 11) is 0. The van der Waals surface area contributed by atoms with Crippen molar-refractivity contribution in [1.82, 2.24) is 15.6 Å². The standard InChI is InChI=1S/C40H50F3N7O5/c1-5-6-20-54-33-19-16-30(24-46-33)29-9-7-8-26(21-29)22-32(36(52)48-31-17-14-27(15-18-31)34(44)50-37(45)40(41,42)43)49-35(51)28-12-10-25(11-13-28)23-47-38(53)55-39(2,3)4/h7-9,14-19,21,24-25,28,32H,5-6,10-13,20,22-23H2,1-4H3,(H,47,53)(H,48,52)(H,49,51)(H3,44,45,50)/t25?,28?,32-/m0/s1. The van der Waals surface area contributed by atoms with Crippen LogP contribution in [0.3, 0.4) is 0 Å². The van der Waals surface area contributed by atoms with Crippen molar-refractivity contribution in [2.45, 2.75) is 90.5 Å². The average Bonchev–Trinajstić information content (AvgIpc) is 3.13. The van der Waals surface area contributed by atoms with Gasteiger partial charge in [-0.2, -0.15) is 13.2 Å². The van der Waals surface area contributed by atoms with Crippen LogP contribution in [0.15, 0.2) is 71.9 Å². The molecule has 1 aliphatic carbocycles. The van der Waals surface area contributed by atoms with E-state index < -0.39 is 41.5 Å². The maximum absolute atomic E-state index is 13.8.